The van der Waals surface area contributed by atoms with Crippen molar-refractivity contribution in [2.45, 2.75) is 61.1 Å². The van der Waals surface area contributed by atoms with Crippen LogP contribution >= 0.6 is 11.8 Å². The quantitative estimate of drug-likeness (QED) is 0.765. The molecule has 0 aliphatic carbocycles. The van der Waals surface area contributed by atoms with Crippen LogP contribution in [0.3, 0.4) is 0 Å². The molecule has 3 heterocycles. The first kappa shape index (κ1) is 20.7. The third-order valence-corrected chi connectivity index (χ3v) is 6.10. The van der Waals surface area contributed by atoms with E-state index < -0.39 is 17.3 Å². The number of nitrogens with one attached hydrogen (secondary N) is 1. The van der Waals surface area contributed by atoms with E-state index in [1.807, 2.05) is 13.0 Å². The number of hydrogen-bond donors (Lipinski definition) is 1. The van der Waals surface area contributed by atoms with E-state index in [1.165, 1.54) is 17.8 Å². The highest BCUT2D eigenvalue weighted by Crippen LogP contribution is 2.45. The molecule has 5 nitrogen and oxygen atoms in total. The summed E-state index contributed by atoms with van der Waals surface area (Å²) in [4.78, 5) is 3.77. The van der Waals surface area contributed by atoms with Crippen LogP contribution < -0.4 is 0 Å². The van der Waals surface area contributed by atoms with Gasteiger partial charge in [0.2, 0.25) is 0 Å². The van der Waals surface area contributed by atoms with Crippen molar-refractivity contribution in [3.63, 3.8) is 0 Å². The first-order valence-corrected chi connectivity index (χ1v) is 9.66. The van der Waals surface area contributed by atoms with Crippen LogP contribution in [0.4, 0.5) is 13.2 Å². The highest BCUT2D eigenvalue weighted by molar-refractivity contribution is 8.00. The van der Waals surface area contributed by atoms with Crippen molar-refractivity contribution in [3.05, 3.63) is 41.3 Å². The number of alkyl halides is 3. The van der Waals surface area contributed by atoms with Crippen molar-refractivity contribution in [1.82, 2.24) is 15.2 Å². The van der Waals surface area contributed by atoms with Crippen LogP contribution in [0.2, 0.25) is 0 Å². The van der Waals surface area contributed by atoms with Gasteiger partial charge in [-0.1, -0.05) is 17.8 Å². The predicted octanol–water partition coefficient (Wildman–Crippen LogP) is 5.03. The molecule has 1 saturated heterocycles. The molecule has 3 rings (SSSR count). The highest BCUT2D eigenvalue weighted by atomic mass is 32.2. The fraction of sp³-hybridized carbons (Fsp3) is 0.526. The molecule has 150 valence electrons. The van der Waals surface area contributed by atoms with E-state index in [4.69, 9.17) is 4.74 Å². The summed E-state index contributed by atoms with van der Waals surface area (Å²) < 4.78 is 44.3. The van der Waals surface area contributed by atoms with Gasteiger partial charge in [-0.3, -0.25) is 5.10 Å². The lowest BCUT2D eigenvalue weighted by Crippen LogP contribution is -2.32. The van der Waals surface area contributed by atoms with Crippen LogP contribution in [-0.4, -0.2) is 26.5 Å². The Morgan fingerprint density at radius 2 is 2.07 bits per heavy atom. The number of thioether (sulfide) groups is 1. The molecular weight excluding hydrogens is 389 g/mol. The zero-order chi connectivity index (χ0) is 20.6. The third kappa shape index (κ3) is 4.50. The minimum Gasteiger partial charge on any atom is -0.372 e. The molecule has 1 N–H and O–H groups in total. The number of nitriles is 1. The van der Waals surface area contributed by atoms with E-state index >= 15 is 0 Å². The minimum atomic E-state index is -4.46. The summed E-state index contributed by atoms with van der Waals surface area (Å²) in [6, 6.07) is 7.99. The van der Waals surface area contributed by atoms with Gasteiger partial charge in [0, 0.05) is 11.4 Å². The molecule has 28 heavy (non-hydrogen) atoms. The average molecular weight is 410 g/mol. The second kappa shape index (κ2) is 7.41. The molecule has 2 aromatic rings. The van der Waals surface area contributed by atoms with Gasteiger partial charge >= 0.3 is 6.18 Å². The van der Waals surface area contributed by atoms with Crippen molar-refractivity contribution >= 4 is 11.8 Å². The maximum Gasteiger partial charge on any atom is 0.433 e. The molecule has 1 aliphatic rings. The summed E-state index contributed by atoms with van der Waals surface area (Å²) in [5.74, 6) is 0. The van der Waals surface area contributed by atoms with E-state index in [9.17, 15) is 18.4 Å². The third-order valence-electron chi connectivity index (χ3n) is 4.80. The number of aromatic nitrogens is 3. The number of nitrogens with zero attached hydrogens (tertiary/aromatic N) is 3. The molecule has 1 fully saturated rings. The molecule has 0 bridgehead atoms. The van der Waals surface area contributed by atoms with E-state index in [1.54, 1.807) is 19.9 Å². The lowest BCUT2D eigenvalue weighted by atomic mass is 9.90. The first-order valence-electron chi connectivity index (χ1n) is 8.84. The van der Waals surface area contributed by atoms with Gasteiger partial charge in [0.25, 0.3) is 0 Å². The number of ether oxygens (including phenoxy) is 1. The van der Waals surface area contributed by atoms with Crippen LogP contribution in [0.5, 0.6) is 0 Å². The van der Waals surface area contributed by atoms with E-state index in [0.717, 1.165) is 11.8 Å². The van der Waals surface area contributed by atoms with E-state index in [0.29, 0.717) is 30.2 Å². The minimum absolute atomic E-state index is 0.271. The Kier molecular flexibility index (Phi) is 5.47. The molecule has 9 heteroatoms. The van der Waals surface area contributed by atoms with Crippen LogP contribution in [0.25, 0.3) is 0 Å². The Morgan fingerprint density at radius 1 is 1.32 bits per heavy atom. The first-order chi connectivity index (χ1) is 13.0. The summed E-state index contributed by atoms with van der Waals surface area (Å²) in [5.41, 5.74) is -0.208. The second-order valence-electron chi connectivity index (χ2n) is 7.67. The van der Waals surface area contributed by atoms with Gasteiger partial charge in [0.15, 0.2) is 0 Å². The summed E-state index contributed by atoms with van der Waals surface area (Å²) >= 11 is 1.33. The molecule has 1 aliphatic heterocycles. The molecular formula is C19H21F3N4OS. The number of pyridine rings is 1. The average Bonchev–Trinajstić information content (AvgIpc) is 3.12. The van der Waals surface area contributed by atoms with Crippen molar-refractivity contribution in [1.29, 1.82) is 5.26 Å². The molecule has 0 amide bonds. The maximum atomic E-state index is 12.9. The molecule has 0 spiro atoms. The number of hydrogen-bond acceptors (Lipinski definition) is 5. The van der Waals surface area contributed by atoms with Crippen LogP contribution in [0, 0.1) is 11.3 Å². The Hall–Kier alpha value is -2.05. The maximum absolute atomic E-state index is 12.9. The van der Waals surface area contributed by atoms with Gasteiger partial charge < -0.3 is 4.74 Å². The van der Waals surface area contributed by atoms with Gasteiger partial charge in [-0.2, -0.15) is 23.5 Å². The molecule has 0 aromatic carbocycles. The molecule has 0 saturated carbocycles. The Balaban J connectivity index is 1.77. The SMILES string of the molecule is CC1(Sc2cccc(C(F)(F)F)n2)CCOC(c2cc(C(C)(C)C#N)n[nH]2)C1. The van der Waals surface area contributed by atoms with Crippen LogP contribution in [-0.2, 0) is 16.3 Å². The predicted molar refractivity (Wildman–Crippen MR) is 98.7 cm³/mol. The van der Waals surface area contributed by atoms with Crippen molar-refractivity contribution in [2.75, 3.05) is 6.61 Å². The van der Waals surface area contributed by atoms with Crippen molar-refractivity contribution in [2.24, 2.45) is 0 Å². The van der Waals surface area contributed by atoms with Gasteiger partial charge in [-0.15, -0.1) is 0 Å². The highest BCUT2D eigenvalue weighted by Gasteiger charge is 2.38. The summed E-state index contributed by atoms with van der Waals surface area (Å²) in [6.45, 7) is 6.05. The van der Waals surface area contributed by atoms with Gasteiger partial charge in [0.05, 0.1) is 27.9 Å². The lowest BCUT2D eigenvalue weighted by Gasteiger charge is -2.37. The second-order valence-corrected chi connectivity index (χ2v) is 9.28. The molecule has 2 unspecified atom stereocenters. The number of aromatic amines is 1. The van der Waals surface area contributed by atoms with E-state index in [-0.39, 0.29) is 10.9 Å². The van der Waals surface area contributed by atoms with Crippen molar-refractivity contribution < 1.29 is 17.9 Å². The largest absolute Gasteiger partial charge is 0.433 e. The fourth-order valence-corrected chi connectivity index (χ4v) is 4.24. The summed E-state index contributed by atoms with van der Waals surface area (Å²) in [7, 11) is 0. The lowest BCUT2D eigenvalue weighted by molar-refractivity contribution is -0.141. The number of H-pyrrole nitrogens is 1. The number of halogens is 3. The smallest absolute Gasteiger partial charge is 0.372 e. The molecule has 2 aromatic heterocycles. The zero-order valence-electron chi connectivity index (χ0n) is 15.8. The normalized spacial score (nSPS) is 23.4. The Bertz CT molecular complexity index is 890. The van der Waals surface area contributed by atoms with E-state index in [2.05, 4.69) is 21.3 Å². The Labute approximate surface area is 165 Å². The zero-order valence-corrected chi connectivity index (χ0v) is 16.6. The monoisotopic (exact) mass is 410 g/mol. The standard InChI is InChI=1S/C19H21F3N4OS/c1-17(2,11-23)15-9-12(25-26-15)13-10-18(3,7-8-27-13)28-16-6-4-5-14(24-16)19(20,21)22/h4-6,9,13H,7-8,10H2,1-3H3,(H,25,26). The fourth-order valence-electron chi connectivity index (χ4n) is 3.02. The van der Waals surface area contributed by atoms with Crippen molar-refractivity contribution in [3.8, 4) is 6.07 Å². The number of rotatable bonds is 4. The Morgan fingerprint density at radius 3 is 2.75 bits per heavy atom. The molecule has 0 radical (unpaired) electrons. The van der Waals surface area contributed by atoms with Gasteiger partial charge in [0.1, 0.15) is 11.8 Å². The summed E-state index contributed by atoms with van der Waals surface area (Å²) in [5, 5.41) is 16.8. The molecule has 2 atom stereocenters. The van der Waals surface area contributed by atoms with Gasteiger partial charge in [-0.05, 0) is 51.8 Å². The topological polar surface area (TPSA) is 74.6 Å². The van der Waals surface area contributed by atoms with Crippen LogP contribution in [0.1, 0.15) is 56.8 Å². The van der Waals surface area contributed by atoms with Gasteiger partial charge in [-0.25, -0.2) is 4.98 Å². The summed E-state index contributed by atoms with van der Waals surface area (Å²) in [6.07, 6.45) is -3.45. The van der Waals surface area contributed by atoms with Crippen LogP contribution in [0.15, 0.2) is 29.3 Å².